The summed E-state index contributed by atoms with van der Waals surface area (Å²) >= 11 is 1.63. The molecule has 4 nitrogen and oxygen atoms in total. The fraction of sp³-hybridized carbons (Fsp3) is 0.778. The Kier molecular flexibility index (Phi) is 5.60. The average Bonchev–Trinajstić information content (AvgIpc) is 2.15. The normalized spacial score (nSPS) is 10.9. The van der Waals surface area contributed by atoms with Gasteiger partial charge in [-0.3, -0.25) is 4.79 Å². The summed E-state index contributed by atoms with van der Waals surface area (Å²) in [5.41, 5.74) is 0. The quantitative estimate of drug-likeness (QED) is 0.561. The van der Waals surface area contributed by atoms with Crippen molar-refractivity contribution in [2.24, 2.45) is 0 Å². The van der Waals surface area contributed by atoms with Crippen molar-refractivity contribution in [2.75, 3.05) is 19.4 Å². The maximum Gasteiger partial charge on any atom is 0.396 e. The van der Waals surface area contributed by atoms with Crippen LogP contribution >= 0.6 is 11.8 Å². The van der Waals surface area contributed by atoms with E-state index in [9.17, 15) is 9.59 Å². The maximum atomic E-state index is 11.1. The molecule has 0 radical (unpaired) electrons. The Morgan fingerprint density at radius 3 is 2.43 bits per heavy atom. The first kappa shape index (κ1) is 13.3. The van der Waals surface area contributed by atoms with Gasteiger partial charge in [-0.25, -0.2) is 4.79 Å². The zero-order valence-corrected chi connectivity index (χ0v) is 9.86. The second-order valence-electron chi connectivity index (χ2n) is 3.37. The summed E-state index contributed by atoms with van der Waals surface area (Å²) in [5, 5.41) is 2.52. The number of amides is 1. The molecule has 0 bridgehead atoms. The Labute approximate surface area is 88.8 Å². The molecular formula is C9H17NO3S. The van der Waals surface area contributed by atoms with E-state index in [0.717, 1.165) is 0 Å². The summed E-state index contributed by atoms with van der Waals surface area (Å²) in [6.45, 7) is 6.31. The Morgan fingerprint density at radius 1 is 1.43 bits per heavy atom. The Bertz CT molecular complexity index is 216. The van der Waals surface area contributed by atoms with E-state index < -0.39 is 11.9 Å². The van der Waals surface area contributed by atoms with Crippen molar-refractivity contribution in [3.63, 3.8) is 0 Å². The molecule has 0 unspecified atom stereocenters. The van der Waals surface area contributed by atoms with Gasteiger partial charge in [0.05, 0.1) is 6.61 Å². The number of thioether (sulfide) groups is 1. The lowest BCUT2D eigenvalue weighted by Crippen LogP contribution is -2.40. The van der Waals surface area contributed by atoms with Crippen molar-refractivity contribution in [1.82, 2.24) is 5.32 Å². The molecule has 0 aliphatic carbocycles. The molecule has 0 rings (SSSR count). The van der Waals surface area contributed by atoms with E-state index in [0.29, 0.717) is 6.54 Å². The average molecular weight is 219 g/mol. The number of ether oxygens (including phenoxy) is 1. The molecule has 0 aromatic carbocycles. The van der Waals surface area contributed by atoms with Crippen LogP contribution in [0.1, 0.15) is 20.8 Å². The first-order valence-electron chi connectivity index (χ1n) is 4.43. The van der Waals surface area contributed by atoms with Crippen molar-refractivity contribution < 1.29 is 14.3 Å². The SMILES string of the molecule is CCOC(=O)C(=O)NCC(C)(C)SC. The molecule has 0 saturated heterocycles. The standard InChI is InChI=1S/C9H17NO3S/c1-5-13-8(12)7(11)10-6-9(2,3)14-4/h5-6H2,1-4H3,(H,10,11). The smallest absolute Gasteiger partial charge is 0.396 e. The second-order valence-corrected chi connectivity index (χ2v) is 4.88. The zero-order chi connectivity index (χ0) is 11.2. The molecule has 14 heavy (non-hydrogen) atoms. The lowest BCUT2D eigenvalue weighted by Gasteiger charge is -2.21. The molecule has 0 aliphatic heterocycles. The number of hydrogen-bond acceptors (Lipinski definition) is 4. The van der Waals surface area contributed by atoms with Gasteiger partial charge in [-0.15, -0.1) is 0 Å². The maximum absolute atomic E-state index is 11.1. The van der Waals surface area contributed by atoms with Crippen LogP contribution in [-0.4, -0.2) is 36.0 Å². The van der Waals surface area contributed by atoms with E-state index in [1.807, 2.05) is 20.1 Å². The molecule has 1 amide bonds. The molecule has 0 spiro atoms. The van der Waals surface area contributed by atoms with Gasteiger partial charge in [0.25, 0.3) is 0 Å². The van der Waals surface area contributed by atoms with Crippen LogP contribution < -0.4 is 5.32 Å². The monoisotopic (exact) mass is 219 g/mol. The van der Waals surface area contributed by atoms with E-state index in [2.05, 4.69) is 10.1 Å². The molecule has 0 heterocycles. The van der Waals surface area contributed by atoms with Gasteiger partial charge < -0.3 is 10.1 Å². The molecule has 0 fully saturated rings. The first-order valence-corrected chi connectivity index (χ1v) is 5.65. The van der Waals surface area contributed by atoms with Crippen LogP contribution in [0.4, 0.5) is 0 Å². The molecule has 1 N–H and O–H groups in total. The van der Waals surface area contributed by atoms with Gasteiger partial charge in [-0.2, -0.15) is 11.8 Å². The Morgan fingerprint density at radius 2 is 2.00 bits per heavy atom. The van der Waals surface area contributed by atoms with Crippen LogP contribution in [-0.2, 0) is 14.3 Å². The van der Waals surface area contributed by atoms with Gasteiger partial charge in [0.15, 0.2) is 0 Å². The van der Waals surface area contributed by atoms with Gasteiger partial charge in [-0.1, -0.05) is 0 Å². The van der Waals surface area contributed by atoms with Crippen LogP contribution in [0.25, 0.3) is 0 Å². The molecule has 0 aromatic heterocycles. The highest BCUT2D eigenvalue weighted by Crippen LogP contribution is 2.19. The molecule has 0 aromatic rings. The lowest BCUT2D eigenvalue weighted by atomic mass is 10.2. The van der Waals surface area contributed by atoms with E-state index in [1.165, 1.54) is 0 Å². The Hall–Kier alpha value is -0.710. The fourth-order valence-electron chi connectivity index (χ4n) is 0.634. The van der Waals surface area contributed by atoms with Crippen molar-refractivity contribution in [3.8, 4) is 0 Å². The van der Waals surface area contributed by atoms with E-state index >= 15 is 0 Å². The van der Waals surface area contributed by atoms with Crippen LogP contribution in [0.5, 0.6) is 0 Å². The number of esters is 1. The van der Waals surface area contributed by atoms with Crippen LogP contribution in [0, 0.1) is 0 Å². The molecule has 82 valence electrons. The van der Waals surface area contributed by atoms with Gasteiger partial charge in [0, 0.05) is 11.3 Å². The highest BCUT2D eigenvalue weighted by molar-refractivity contribution is 7.99. The number of nitrogens with one attached hydrogen (secondary N) is 1. The summed E-state index contributed by atoms with van der Waals surface area (Å²) in [6, 6.07) is 0. The highest BCUT2D eigenvalue weighted by atomic mass is 32.2. The minimum Gasteiger partial charge on any atom is -0.459 e. The van der Waals surface area contributed by atoms with Gasteiger partial charge >= 0.3 is 11.9 Å². The fourth-order valence-corrected chi connectivity index (χ4v) is 0.851. The summed E-state index contributed by atoms with van der Waals surface area (Å²) in [6.07, 6.45) is 1.95. The van der Waals surface area contributed by atoms with Crippen molar-refractivity contribution in [3.05, 3.63) is 0 Å². The van der Waals surface area contributed by atoms with Crippen LogP contribution in [0.15, 0.2) is 0 Å². The predicted molar refractivity (Wildman–Crippen MR) is 57.2 cm³/mol. The second kappa shape index (κ2) is 5.90. The lowest BCUT2D eigenvalue weighted by molar-refractivity contribution is -0.154. The molecule has 0 aliphatic rings. The van der Waals surface area contributed by atoms with Crippen LogP contribution in [0.3, 0.4) is 0 Å². The summed E-state index contributed by atoms with van der Waals surface area (Å²) < 4.78 is 4.48. The minimum atomic E-state index is -0.815. The van der Waals surface area contributed by atoms with Crippen molar-refractivity contribution in [2.45, 2.75) is 25.5 Å². The number of carbonyl (C=O) groups excluding carboxylic acids is 2. The van der Waals surface area contributed by atoms with E-state index in [4.69, 9.17) is 0 Å². The van der Waals surface area contributed by atoms with Gasteiger partial charge in [0.2, 0.25) is 0 Å². The predicted octanol–water partition coefficient (Wildman–Crippen LogP) is 0.807. The third kappa shape index (κ3) is 5.11. The third-order valence-corrected chi connectivity index (χ3v) is 2.94. The third-order valence-electron chi connectivity index (χ3n) is 1.69. The van der Waals surface area contributed by atoms with E-state index in [1.54, 1.807) is 18.7 Å². The number of carbonyl (C=O) groups is 2. The molecule has 0 saturated carbocycles. The van der Waals surface area contributed by atoms with Gasteiger partial charge in [0.1, 0.15) is 0 Å². The highest BCUT2D eigenvalue weighted by Gasteiger charge is 2.20. The largest absolute Gasteiger partial charge is 0.459 e. The van der Waals surface area contributed by atoms with Gasteiger partial charge in [-0.05, 0) is 27.0 Å². The number of hydrogen-bond donors (Lipinski definition) is 1. The van der Waals surface area contributed by atoms with E-state index in [-0.39, 0.29) is 11.4 Å². The molecular weight excluding hydrogens is 202 g/mol. The summed E-state index contributed by atoms with van der Waals surface area (Å²) in [4.78, 5) is 22.0. The van der Waals surface area contributed by atoms with Crippen LogP contribution in [0.2, 0.25) is 0 Å². The van der Waals surface area contributed by atoms with Crippen molar-refractivity contribution in [1.29, 1.82) is 0 Å². The number of rotatable bonds is 4. The summed E-state index contributed by atoms with van der Waals surface area (Å²) in [5.74, 6) is -1.49. The first-order chi connectivity index (χ1) is 6.43. The summed E-state index contributed by atoms with van der Waals surface area (Å²) in [7, 11) is 0. The molecule has 0 atom stereocenters. The topological polar surface area (TPSA) is 55.4 Å². The molecule has 5 heteroatoms. The zero-order valence-electron chi connectivity index (χ0n) is 9.05. The van der Waals surface area contributed by atoms with Crippen molar-refractivity contribution >= 4 is 23.6 Å². The Balaban J connectivity index is 3.91. The minimum absolute atomic E-state index is 0.0673.